The molecule has 0 saturated heterocycles. The number of likely N-dealkylation sites (N-methyl/N-ethyl adjacent to an activating group) is 1. The summed E-state index contributed by atoms with van der Waals surface area (Å²) in [7, 11) is 4.21. The van der Waals surface area contributed by atoms with Crippen LogP contribution in [0.2, 0.25) is 0 Å². The first-order valence-electron chi connectivity index (χ1n) is 7.62. The van der Waals surface area contributed by atoms with Gasteiger partial charge in [-0.2, -0.15) is 0 Å². The predicted molar refractivity (Wildman–Crippen MR) is 84.5 cm³/mol. The van der Waals surface area contributed by atoms with Gasteiger partial charge in [0.2, 0.25) is 0 Å². The zero-order chi connectivity index (χ0) is 15.5. The quantitative estimate of drug-likeness (QED) is 0.621. The molecule has 118 valence electrons. The van der Waals surface area contributed by atoms with Crippen molar-refractivity contribution >= 4 is 0 Å². The lowest BCUT2D eigenvalue weighted by molar-refractivity contribution is 0.0878. The lowest BCUT2D eigenvalue weighted by atomic mass is 9.80. The van der Waals surface area contributed by atoms with Crippen LogP contribution >= 0.6 is 0 Å². The first-order valence-corrected chi connectivity index (χ1v) is 7.62. The van der Waals surface area contributed by atoms with Crippen LogP contribution in [0, 0.1) is 0 Å². The van der Waals surface area contributed by atoms with Crippen molar-refractivity contribution in [3.63, 3.8) is 0 Å². The molecule has 0 amide bonds. The molecule has 1 aromatic rings. The average molecular weight is 293 g/mol. The van der Waals surface area contributed by atoms with Crippen LogP contribution in [0.1, 0.15) is 38.3 Å². The Labute approximate surface area is 127 Å². The Morgan fingerprint density at radius 3 is 2.33 bits per heavy atom. The molecule has 1 unspecified atom stereocenters. The van der Waals surface area contributed by atoms with E-state index in [1.54, 1.807) is 0 Å². The average Bonchev–Trinajstić information content (AvgIpc) is 2.52. The lowest BCUT2D eigenvalue weighted by Gasteiger charge is -2.45. The highest BCUT2D eigenvalue weighted by Crippen LogP contribution is 2.39. The number of benzene rings is 1. The van der Waals surface area contributed by atoms with Gasteiger partial charge in [0.1, 0.15) is 13.2 Å². The van der Waals surface area contributed by atoms with E-state index in [1.807, 2.05) is 12.1 Å². The molecule has 1 aromatic carbocycles. The topological polar surface area (TPSA) is 59.8 Å². The van der Waals surface area contributed by atoms with Crippen molar-refractivity contribution in [2.75, 3.05) is 27.3 Å². The summed E-state index contributed by atoms with van der Waals surface area (Å²) in [6.07, 6.45) is 2.00. The van der Waals surface area contributed by atoms with E-state index >= 15 is 0 Å². The van der Waals surface area contributed by atoms with Gasteiger partial charge >= 0.3 is 0 Å². The van der Waals surface area contributed by atoms with Crippen molar-refractivity contribution in [2.24, 2.45) is 5.84 Å². The SMILES string of the molecule is CCC(CC)(C(NN)c1ccc2c(c1)OCCO2)N(C)C. The molecule has 21 heavy (non-hydrogen) atoms. The van der Waals surface area contributed by atoms with Gasteiger partial charge < -0.3 is 14.4 Å². The first-order chi connectivity index (χ1) is 10.1. The molecule has 0 fully saturated rings. The molecule has 3 N–H and O–H groups in total. The van der Waals surface area contributed by atoms with Crippen LogP contribution in [0.15, 0.2) is 18.2 Å². The van der Waals surface area contributed by atoms with E-state index in [1.165, 1.54) is 0 Å². The second kappa shape index (κ2) is 6.64. The standard InChI is InChI=1S/C16H27N3O2/c1-5-16(6-2,19(3)4)15(18-17)12-7-8-13-14(11-12)21-10-9-20-13/h7-8,11,15,18H,5-6,9-10,17H2,1-4H3. The Hall–Kier alpha value is -1.30. The molecule has 0 spiro atoms. The first kappa shape index (κ1) is 16.1. The summed E-state index contributed by atoms with van der Waals surface area (Å²) in [5.74, 6) is 7.52. The highest BCUT2D eigenvalue weighted by molar-refractivity contribution is 5.45. The number of hydrazine groups is 1. The third kappa shape index (κ3) is 2.86. The Kier molecular flexibility index (Phi) is 5.08. The molecule has 0 aromatic heterocycles. The maximum atomic E-state index is 5.91. The number of nitrogens with one attached hydrogen (secondary N) is 1. The number of nitrogens with zero attached hydrogens (tertiary/aromatic N) is 1. The molecule has 0 radical (unpaired) electrons. The maximum absolute atomic E-state index is 5.91. The monoisotopic (exact) mass is 293 g/mol. The Balaban J connectivity index is 2.40. The molecule has 1 heterocycles. The van der Waals surface area contributed by atoms with Crippen molar-refractivity contribution in [3.8, 4) is 11.5 Å². The fourth-order valence-corrected chi connectivity index (χ4v) is 3.35. The van der Waals surface area contributed by atoms with Gasteiger partial charge in [-0.25, -0.2) is 0 Å². The van der Waals surface area contributed by atoms with E-state index in [2.05, 4.69) is 44.3 Å². The summed E-state index contributed by atoms with van der Waals surface area (Å²) in [6, 6.07) is 6.11. The molecule has 1 aliphatic rings. The Morgan fingerprint density at radius 2 is 1.81 bits per heavy atom. The van der Waals surface area contributed by atoms with Crippen molar-refractivity contribution in [1.29, 1.82) is 0 Å². The minimum absolute atomic E-state index is 0.0262. The number of nitrogens with two attached hydrogens (primary N) is 1. The van der Waals surface area contributed by atoms with Crippen LogP contribution in [0.25, 0.3) is 0 Å². The van der Waals surface area contributed by atoms with E-state index in [0.29, 0.717) is 13.2 Å². The largest absolute Gasteiger partial charge is 0.486 e. The number of fused-ring (bicyclic) bond motifs is 1. The molecule has 1 atom stereocenters. The van der Waals surface area contributed by atoms with Crippen molar-refractivity contribution in [1.82, 2.24) is 10.3 Å². The third-order valence-electron chi connectivity index (χ3n) is 4.72. The second-order valence-corrected chi connectivity index (χ2v) is 5.71. The molecule has 0 saturated carbocycles. The summed E-state index contributed by atoms with van der Waals surface area (Å²) in [5.41, 5.74) is 4.09. The van der Waals surface area contributed by atoms with Gasteiger partial charge in [0.15, 0.2) is 11.5 Å². The van der Waals surface area contributed by atoms with Gasteiger partial charge in [-0.15, -0.1) is 0 Å². The fourth-order valence-electron chi connectivity index (χ4n) is 3.35. The molecular weight excluding hydrogens is 266 g/mol. The minimum atomic E-state index is -0.0431. The minimum Gasteiger partial charge on any atom is -0.486 e. The van der Waals surface area contributed by atoms with Gasteiger partial charge in [0.25, 0.3) is 0 Å². The van der Waals surface area contributed by atoms with Crippen molar-refractivity contribution in [2.45, 2.75) is 38.3 Å². The highest BCUT2D eigenvalue weighted by Gasteiger charge is 2.38. The van der Waals surface area contributed by atoms with E-state index in [4.69, 9.17) is 15.3 Å². The third-order valence-corrected chi connectivity index (χ3v) is 4.72. The summed E-state index contributed by atoms with van der Waals surface area (Å²) < 4.78 is 11.3. The summed E-state index contributed by atoms with van der Waals surface area (Å²) >= 11 is 0. The normalized spacial score (nSPS) is 16.1. The van der Waals surface area contributed by atoms with Gasteiger partial charge in [0, 0.05) is 5.54 Å². The Morgan fingerprint density at radius 1 is 1.19 bits per heavy atom. The predicted octanol–water partition coefficient (Wildman–Crippen LogP) is 2.08. The number of hydrogen-bond donors (Lipinski definition) is 2. The molecule has 1 aliphatic heterocycles. The summed E-state index contributed by atoms with van der Waals surface area (Å²) in [6.45, 7) is 5.60. The van der Waals surface area contributed by atoms with Crippen LogP contribution in [0.4, 0.5) is 0 Å². The lowest BCUT2D eigenvalue weighted by Crippen LogP contribution is -2.54. The van der Waals surface area contributed by atoms with Crippen LogP contribution in [-0.2, 0) is 0 Å². The van der Waals surface area contributed by atoms with Crippen molar-refractivity contribution in [3.05, 3.63) is 23.8 Å². The molecular formula is C16H27N3O2. The van der Waals surface area contributed by atoms with E-state index in [0.717, 1.165) is 29.9 Å². The van der Waals surface area contributed by atoms with Gasteiger partial charge in [0.05, 0.1) is 6.04 Å². The van der Waals surface area contributed by atoms with Crippen molar-refractivity contribution < 1.29 is 9.47 Å². The van der Waals surface area contributed by atoms with Crippen LogP contribution in [-0.4, -0.2) is 37.7 Å². The van der Waals surface area contributed by atoms with Gasteiger partial charge in [-0.3, -0.25) is 11.3 Å². The number of hydrogen-bond acceptors (Lipinski definition) is 5. The highest BCUT2D eigenvalue weighted by atomic mass is 16.6. The molecule has 2 rings (SSSR count). The van der Waals surface area contributed by atoms with Crippen LogP contribution < -0.4 is 20.7 Å². The van der Waals surface area contributed by atoms with E-state index in [-0.39, 0.29) is 11.6 Å². The molecule has 0 bridgehead atoms. The van der Waals surface area contributed by atoms with Crippen LogP contribution in [0.3, 0.4) is 0 Å². The molecule has 5 nitrogen and oxygen atoms in total. The van der Waals surface area contributed by atoms with Gasteiger partial charge in [-0.1, -0.05) is 19.9 Å². The maximum Gasteiger partial charge on any atom is 0.161 e. The van der Waals surface area contributed by atoms with Gasteiger partial charge in [-0.05, 0) is 44.6 Å². The zero-order valence-electron chi connectivity index (χ0n) is 13.5. The molecule has 5 heteroatoms. The molecule has 0 aliphatic carbocycles. The zero-order valence-corrected chi connectivity index (χ0v) is 13.5. The second-order valence-electron chi connectivity index (χ2n) is 5.71. The fraction of sp³-hybridized carbons (Fsp3) is 0.625. The van der Waals surface area contributed by atoms with Crippen LogP contribution in [0.5, 0.6) is 11.5 Å². The summed E-state index contributed by atoms with van der Waals surface area (Å²) in [4.78, 5) is 2.26. The summed E-state index contributed by atoms with van der Waals surface area (Å²) in [5, 5.41) is 0. The number of rotatable bonds is 6. The van der Waals surface area contributed by atoms with E-state index < -0.39 is 0 Å². The number of ether oxygens (including phenoxy) is 2. The van der Waals surface area contributed by atoms with E-state index in [9.17, 15) is 0 Å². The smallest absolute Gasteiger partial charge is 0.161 e. The Bertz CT molecular complexity index is 473.